The Labute approximate surface area is 119 Å². The first-order chi connectivity index (χ1) is 9.24. The number of hydrogen-bond donors (Lipinski definition) is 0. The zero-order valence-electron chi connectivity index (χ0n) is 13.0. The smallest absolute Gasteiger partial charge is 0.0573 e. The van der Waals surface area contributed by atoms with Gasteiger partial charge in [0.2, 0.25) is 0 Å². The van der Waals surface area contributed by atoms with Gasteiger partial charge in [0.25, 0.3) is 0 Å². The topological polar surface area (TPSA) is 12.4 Å². The van der Waals surface area contributed by atoms with Gasteiger partial charge in [0, 0.05) is 6.21 Å². The zero-order chi connectivity index (χ0) is 14.3. The van der Waals surface area contributed by atoms with Crippen molar-refractivity contribution in [3.05, 3.63) is 47.6 Å². The van der Waals surface area contributed by atoms with Crippen molar-refractivity contribution >= 4 is 6.21 Å². The molecule has 0 aromatic rings. The van der Waals surface area contributed by atoms with Crippen LogP contribution in [-0.4, -0.2) is 12.8 Å². The van der Waals surface area contributed by atoms with Crippen LogP contribution in [0.1, 0.15) is 53.4 Å². The average Bonchev–Trinajstić information content (AvgIpc) is 2.41. The standard InChI is InChI=1S/C18H29N/c1-5-8-9-10-11-12-14-19-16-18(13-6-2)15-17(4)7-3/h9-13,15-16H,5-8,14H2,1-4H3/b10-9-,12-11-,17-15+,18-13+,19-16?. The first-order valence-corrected chi connectivity index (χ1v) is 7.43. The number of unbranched alkanes of at least 4 members (excludes halogenated alkanes) is 1. The maximum Gasteiger partial charge on any atom is 0.0573 e. The summed E-state index contributed by atoms with van der Waals surface area (Å²) in [7, 11) is 0. The molecule has 0 N–H and O–H groups in total. The molecule has 1 nitrogen and oxygen atoms in total. The number of nitrogens with zero attached hydrogens (tertiary/aromatic N) is 1. The second-order valence-corrected chi connectivity index (χ2v) is 4.60. The van der Waals surface area contributed by atoms with Crippen LogP contribution in [0, 0.1) is 0 Å². The van der Waals surface area contributed by atoms with E-state index in [0.29, 0.717) is 0 Å². The summed E-state index contributed by atoms with van der Waals surface area (Å²) in [4.78, 5) is 4.44. The van der Waals surface area contributed by atoms with Crippen molar-refractivity contribution in [2.75, 3.05) is 6.54 Å². The molecule has 0 bridgehead atoms. The van der Waals surface area contributed by atoms with E-state index < -0.39 is 0 Å². The minimum absolute atomic E-state index is 0.747. The molecule has 0 aliphatic carbocycles. The van der Waals surface area contributed by atoms with Crippen LogP contribution >= 0.6 is 0 Å². The van der Waals surface area contributed by atoms with Crippen molar-refractivity contribution in [2.24, 2.45) is 4.99 Å². The molecular weight excluding hydrogens is 230 g/mol. The summed E-state index contributed by atoms with van der Waals surface area (Å²) in [6.07, 6.45) is 19.4. The Bertz CT molecular complexity index is 354. The van der Waals surface area contributed by atoms with Crippen molar-refractivity contribution < 1.29 is 0 Å². The van der Waals surface area contributed by atoms with E-state index >= 15 is 0 Å². The molecule has 0 amide bonds. The molecule has 106 valence electrons. The Morgan fingerprint density at radius 2 is 1.79 bits per heavy atom. The monoisotopic (exact) mass is 259 g/mol. The molecule has 0 aromatic heterocycles. The molecule has 0 radical (unpaired) electrons. The van der Waals surface area contributed by atoms with Crippen LogP contribution in [0.5, 0.6) is 0 Å². The molecule has 0 aliphatic heterocycles. The summed E-state index contributed by atoms with van der Waals surface area (Å²) in [5.41, 5.74) is 2.61. The van der Waals surface area contributed by atoms with Gasteiger partial charge in [-0.3, -0.25) is 4.99 Å². The molecule has 0 fully saturated rings. The van der Waals surface area contributed by atoms with E-state index in [2.05, 4.69) is 69.1 Å². The second-order valence-electron chi connectivity index (χ2n) is 4.60. The van der Waals surface area contributed by atoms with E-state index in [-0.39, 0.29) is 0 Å². The van der Waals surface area contributed by atoms with Crippen LogP contribution in [-0.2, 0) is 0 Å². The molecule has 0 heterocycles. The van der Waals surface area contributed by atoms with Crippen molar-refractivity contribution in [3.63, 3.8) is 0 Å². The van der Waals surface area contributed by atoms with E-state index in [0.717, 1.165) is 25.8 Å². The van der Waals surface area contributed by atoms with E-state index in [9.17, 15) is 0 Å². The highest BCUT2D eigenvalue weighted by molar-refractivity contribution is 5.82. The lowest BCUT2D eigenvalue weighted by atomic mass is 10.1. The van der Waals surface area contributed by atoms with E-state index in [4.69, 9.17) is 0 Å². The van der Waals surface area contributed by atoms with Crippen molar-refractivity contribution in [1.82, 2.24) is 0 Å². The highest BCUT2D eigenvalue weighted by atomic mass is 14.7. The second kappa shape index (κ2) is 13.1. The van der Waals surface area contributed by atoms with E-state index in [1.807, 2.05) is 6.21 Å². The van der Waals surface area contributed by atoms with Gasteiger partial charge in [-0.1, -0.05) is 69.2 Å². The van der Waals surface area contributed by atoms with Crippen LogP contribution in [0.15, 0.2) is 52.6 Å². The third-order valence-corrected chi connectivity index (χ3v) is 2.70. The molecule has 0 unspecified atom stereocenters. The van der Waals surface area contributed by atoms with Gasteiger partial charge in [-0.2, -0.15) is 0 Å². The van der Waals surface area contributed by atoms with E-state index in [1.54, 1.807) is 0 Å². The fourth-order valence-electron chi connectivity index (χ4n) is 1.47. The Hall–Kier alpha value is -1.37. The third kappa shape index (κ3) is 11.5. The molecule has 0 aliphatic rings. The van der Waals surface area contributed by atoms with Crippen molar-refractivity contribution in [1.29, 1.82) is 0 Å². The summed E-state index contributed by atoms with van der Waals surface area (Å²) >= 11 is 0. The molecule has 0 aromatic carbocycles. The number of aliphatic imine (C=N–C) groups is 1. The van der Waals surface area contributed by atoms with Gasteiger partial charge >= 0.3 is 0 Å². The number of allylic oxidation sites excluding steroid dienone is 7. The van der Waals surface area contributed by atoms with Crippen LogP contribution in [0.3, 0.4) is 0 Å². The fourth-order valence-corrected chi connectivity index (χ4v) is 1.47. The highest BCUT2D eigenvalue weighted by Crippen LogP contribution is 2.05. The molecule has 0 rings (SSSR count). The normalized spacial score (nSPS) is 14.3. The van der Waals surface area contributed by atoms with Crippen LogP contribution in [0.2, 0.25) is 0 Å². The third-order valence-electron chi connectivity index (χ3n) is 2.70. The van der Waals surface area contributed by atoms with Gasteiger partial charge < -0.3 is 0 Å². The first kappa shape index (κ1) is 17.6. The molecular formula is C18H29N. The maximum absolute atomic E-state index is 4.44. The largest absolute Gasteiger partial charge is 0.288 e. The Balaban J connectivity index is 4.24. The lowest BCUT2D eigenvalue weighted by Crippen LogP contribution is -1.85. The van der Waals surface area contributed by atoms with Gasteiger partial charge in [-0.25, -0.2) is 0 Å². The van der Waals surface area contributed by atoms with E-state index in [1.165, 1.54) is 17.6 Å². The van der Waals surface area contributed by atoms with Crippen molar-refractivity contribution in [3.8, 4) is 0 Å². The predicted molar refractivity (Wildman–Crippen MR) is 89.0 cm³/mol. The highest BCUT2D eigenvalue weighted by Gasteiger charge is 1.89. The molecule has 0 saturated heterocycles. The van der Waals surface area contributed by atoms with Crippen LogP contribution in [0.25, 0.3) is 0 Å². The number of rotatable bonds is 9. The summed E-state index contributed by atoms with van der Waals surface area (Å²) in [6, 6.07) is 0. The lowest BCUT2D eigenvalue weighted by molar-refractivity contribution is 0.959. The summed E-state index contributed by atoms with van der Waals surface area (Å²) in [6.45, 7) is 9.43. The van der Waals surface area contributed by atoms with Gasteiger partial charge in [-0.05, 0) is 31.8 Å². The van der Waals surface area contributed by atoms with Gasteiger partial charge in [-0.15, -0.1) is 0 Å². The molecule has 0 saturated carbocycles. The molecule has 1 heteroatoms. The minimum Gasteiger partial charge on any atom is -0.288 e. The Morgan fingerprint density at radius 3 is 2.42 bits per heavy atom. The van der Waals surface area contributed by atoms with Gasteiger partial charge in [0.1, 0.15) is 0 Å². The van der Waals surface area contributed by atoms with Crippen LogP contribution < -0.4 is 0 Å². The minimum atomic E-state index is 0.747. The molecule has 0 spiro atoms. The van der Waals surface area contributed by atoms with Crippen molar-refractivity contribution in [2.45, 2.75) is 53.4 Å². The Morgan fingerprint density at radius 1 is 1.05 bits per heavy atom. The maximum atomic E-state index is 4.44. The lowest BCUT2D eigenvalue weighted by Gasteiger charge is -1.97. The molecule has 0 atom stereocenters. The quantitative estimate of drug-likeness (QED) is 0.374. The fraction of sp³-hybridized carbons (Fsp3) is 0.500. The van der Waals surface area contributed by atoms with Crippen LogP contribution in [0.4, 0.5) is 0 Å². The molecule has 19 heavy (non-hydrogen) atoms. The summed E-state index contributed by atoms with van der Waals surface area (Å²) in [5.74, 6) is 0. The first-order valence-electron chi connectivity index (χ1n) is 7.43. The average molecular weight is 259 g/mol. The summed E-state index contributed by atoms with van der Waals surface area (Å²) < 4.78 is 0. The van der Waals surface area contributed by atoms with Gasteiger partial charge in [0.15, 0.2) is 0 Å². The Kier molecular flexibility index (Phi) is 12.1. The number of hydrogen-bond acceptors (Lipinski definition) is 1. The zero-order valence-corrected chi connectivity index (χ0v) is 13.0. The SMILES string of the molecule is CC/C=C(C=NC/C=C\C=C/CCC)\C=C(/C)CC. The van der Waals surface area contributed by atoms with Gasteiger partial charge in [0.05, 0.1) is 6.54 Å². The summed E-state index contributed by atoms with van der Waals surface area (Å²) in [5, 5.41) is 0. The predicted octanol–water partition coefficient (Wildman–Crippen LogP) is 5.66.